The second-order valence-corrected chi connectivity index (χ2v) is 5.74. The molecule has 6 heteroatoms. The molecule has 22 heavy (non-hydrogen) atoms. The van der Waals surface area contributed by atoms with Gasteiger partial charge in [-0.1, -0.05) is 11.3 Å². The SMILES string of the molecule is Cc1cc(C)cc(-n2cc(C(=O)NC[C@@H]3CCCO3)nn2)c1. The third-order valence-electron chi connectivity index (χ3n) is 3.71. The standard InChI is InChI=1S/C16H20N4O2/c1-11-6-12(2)8-13(7-11)20-10-15(18-19-20)16(21)17-9-14-4-3-5-22-14/h6-8,10,14H,3-5,9H2,1-2H3,(H,17,21)/t14-/m0/s1. The molecule has 1 aliphatic heterocycles. The topological polar surface area (TPSA) is 69.0 Å². The summed E-state index contributed by atoms with van der Waals surface area (Å²) in [6.45, 7) is 5.37. The minimum absolute atomic E-state index is 0.124. The van der Waals surface area contributed by atoms with E-state index in [1.54, 1.807) is 10.9 Å². The molecular weight excluding hydrogens is 280 g/mol. The molecule has 2 heterocycles. The Bertz CT molecular complexity index is 654. The molecule has 0 bridgehead atoms. The van der Waals surface area contributed by atoms with Gasteiger partial charge >= 0.3 is 0 Å². The number of nitrogens with one attached hydrogen (secondary N) is 1. The van der Waals surface area contributed by atoms with E-state index in [1.807, 2.05) is 26.0 Å². The van der Waals surface area contributed by atoms with Gasteiger partial charge in [0.15, 0.2) is 5.69 Å². The van der Waals surface area contributed by atoms with Crippen LogP contribution >= 0.6 is 0 Å². The zero-order valence-corrected chi connectivity index (χ0v) is 12.9. The van der Waals surface area contributed by atoms with Gasteiger partial charge in [-0.2, -0.15) is 0 Å². The predicted molar refractivity (Wildman–Crippen MR) is 82.1 cm³/mol. The van der Waals surface area contributed by atoms with E-state index in [1.165, 1.54) is 0 Å². The molecule has 1 fully saturated rings. The Labute approximate surface area is 129 Å². The summed E-state index contributed by atoms with van der Waals surface area (Å²) >= 11 is 0. The first-order valence-corrected chi connectivity index (χ1v) is 7.52. The van der Waals surface area contributed by atoms with Crippen LogP contribution in [-0.2, 0) is 4.74 Å². The number of rotatable bonds is 4. The molecule has 0 radical (unpaired) electrons. The molecule has 3 rings (SSSR count). The third kappa shape index (κ3) is 3.33. The first kappa shape index (κ1) is 14.7. The average Bonchev–Trinajstić information content (AvgIpc) is 3.15. The summed E-state index contributed by atoms with van der Waals surface area (Å²) in [7, 11) is 0. The van der Waals surface area contributed by atoms with E-state index in [0.29, 0.717) is 12.2 Å². The van der Waals surface area contributed by atoms with Crippen molar-refractivity contribution in [2.24, 2.45) is 0 Å². The first-order chi connectivity index (χ1) is 10.6. The maximum absolute atomic E-state index is 12.1. The van der Waals surface area contributed by atoms with E-state index in [9.17, 15) is 4.79 Å². The number of hydrogen-bond donors (Lipinski definition) is 1. The van der Waals surface area contributed by atoms with Crippen molar-refractivity contribution >= 4 is 5.91 Å². The Morgan fingerprint density at radius 1 is 1.36 bits per heavy atom. The van der Waals surface area contributed by atoms with Gasteiger partial charge in [-0.15, -0.1) is 5.10 Å². The average molecular weight is 300 g/mol. The van der Waals surface area contributed by atoms with Gasteiger partial charge in [-0.05, 0) is 49.9 Å². The van der Waals surface area contributed by atoms with Crippen molar-refractivity contribution in [1.29, 1.82) is 0 Å². The summed E-state index contributed by atoms with van der Waals surface area (Å²) < 4.78 is 7.11. The smallest absolute Gasteiger partial charge is 0.273 e. The quantitative estimate of drug-likeness (QED) is 0.934. The summed E-state index contributed by atoms with van der Waals surface area (Å²) in [5.74, 6) is -0.217. The minimum atomic E-state index is -0.217. The number of carbonyl (C=O) groups excluding carboxylic acids is 1. The number of aryl methyl sites for hydroxylation is 2. The van der Waals surface area contributed by atoms with Gasteiger partial charge < -0.3 is 10.1 Å². The fraction of sp³-hybridized carbons (Fsp3) is 0.438. The van der Waals surface area contributed by atoms with E-state index < -0.39 is 0 Å². The third-order valence-corrected chi connectivity index (χ3v) is 3.71. The van der Waals surface area contributed by atoms with Crippen LogP contribution in [0.2, 0.25) is 0 Å². The number of amides is 1. The normalized spacial score (nSPS) is 17.6. The Hall–Kier alpha value is -2.21. The molecule has 116 valence electrons. The summed E-state index contributed by atoms with van der Waals surface area (Å²) in [5.41, 5.74) is 3.52. The van der Waals surface area contributed by atoms with Crippen LogP contribution < -0.4 is 5.32 Å². The van der Waals surface area contributed by atoms with Crippen molar-refractivity contribution in [2.75, 3.05) is 13.2 Å². The van der Waals surface area contributed by atoms with E-state index >= 15 is 0 Å². The molecule has 2 aromatic rings. The molecule has 0 spiro atoms. The van der Waals surface area contributed by atoms with E-state index in [2.05, 4.69) is 21.7 Å². The van der Waals surface area contributed by atoms with E-state index in [4.69, 9.17) is 4.74 Å². The number of carbonyl (C=O) groups is 1. The molecule has 1 aromatic heterocycles. The van der Waals surface area contributed by atoms with Crippen LogP contribution in [0.5, 0.6) is 0 Å². The lowest BCUT2D eigenvalue weighted by atomic mass is 10.1. The van der Waals surface area contributed by atoms with E-state index in [-0.39, 0.29) is 12.0 Å². The van der Waals surface area contributed by atoms with Gasteiger partial charge in [0.05, 0.1) is 18.0 Å². The van der Waals surface area contributed by atoms with Gasteiger partial charge in [0.1, 0.15) is 0 Å². The summed E-state index contributed by atoms with van der Waals surface area (Å²) in [6.07, 6.45) is 3.83. The lowest BCUT2D eigenvalue weighted by Crippen LogP contribution is -2.31. The van der Waals surface area contributed by atoms with Crippen LogP contribution in [0.25, 0.3) is 5.69 Å². The Kier molecular flexibility index (Phi) is 4.20. The number of ether oxygens (including phenoxy) is 1. The lowest BCUT2D eigenvalue weighted by Gasteiger charge is -2.09. The molecule has 0 aliphatic carbocycles. The van der Waals surface area contributed by atoms with Crippen LogP contribution in [-0.4, -0.2) is 40.2 Å². The van der Waals surface area contributed by atoms with Crippen molar-refractivity contribution in [3.05, 3.63) is 41.2 Å². The van der Waals surface area contributed by atoms with Crippen molar-refractivity contribution in [3.8, 4) is 5.69 Å². The van der Waals surface area contributed by atoms with Gasteiger partial charge in [0.2, 0.25) is 0 Å². The van der Waals surface area contributed by atoms with Crippen LogP contribution in [0, 0.1) is 13.8 Å². The predicted octanol–water partition coefficient (Wildman–Crippen LogP) is 1.79. The molecule has 1 atom stereocenters. The van der Waals surface area contributed by atoms with Gasteiger partial charge in [0, 0.05) is 13.2 Å². The number of benzene rings is 1. The fourth-order valence-electron chi connectivity index (χ4n) is 2.68. The second-order valence-electron chi connectivity index (χ2n) is 5.74. The zero-order chi connectivity index (χ0) is 15.5. The first-order valence-electron chi connectivity index (χ1n) is 7.52. The van der Waals surface area contributed by atoms with Crippen molar-refractivity contribution in [1.82, 2.24) is 20.3 Å². The molecule has 1 saturated heterocycles. The molecule has 0 unspecified atom stereocenters. The fourth-order valence-corrected chi connectivity index (χ4v) is 2.68. The van der Waals surface area contributed by atoms with Crippen LogP contribution in [0.3, 0.4) is 0 Å². The molecule has 0 saturated carbocycles. The van der Waals surface area contributed by atoms with Gasteiger partial charge in [-0.3, -0.25) is 4.79 Å². The minimum Gasteiger partial charge on any atom is -0.376 e. The lowest BCUT2D eigenvalue weighted by molar-refractivity contribution is 0.0853. The highest BCUT2D eigenvalue weighted by atomic mass is 16.5. The highest BCUT2D eigenvalue weighted by molar-refractivity contribution is 5.91. The Morgan fingerprint density at radius 2 is 2.14 bits per heavy atom. The number of hydrogen-bond acceptors (Lipinski definition) is 4. The molecular formula is C16H20N4O2. The highest BCUT2D eigenvalue weighted by Crippen LogP contribution is 2.13. The van der Waals surface area contributed by atoms with Crippen molar-refractivity contribution < 1.29 is 9.53 Å². The molecule has 1 aromatic carbocycles. The van der Waals surface area contributed by atoms with Crippen molar-refractivity contribution in [3.63, 3.8) is 0 Å². The molecule has 1 N–H and O–H groups in total. The highest BCUT2D eigenvalue weighted by Gasteiger charge is 2.18. The maximum Gasteiger partial charge on any atom is 0.273 e. The monoisotopic (exact) mass is 300 g/mol. The number of nitrogens with zero attached hydrogens (tertiary/aromatic N) is 3. The molecule has 1 aliphatic rings. The Morgan fingerprint density at radius 3 is 2.82 bits per heavy atom. The molecule has 6 nitrogen and oxygen atoms in total. The van der Waals surface area contributed by atoms with Gasteiger partial charge in [0.25, 0.3) is 5.91 Å². The van der Waals surface area contributed by atoms with Crippen molar-refractivity contribution in [2.45, 2.75) is 32.8 Å². The van der Waals surface area contributed by atoms with Crippen LogP contribution in [0.1, 0.15) is 34.5 Å². The summed E-state index contributed by atoms with van der Waals surface area (Å²) in [4.78, 5) is 12.1. The van der Waals surface area contributed by atoms with E-state index in [0.717, 1.165) is 36.3 Å². The van der Waals surface area contributed by atoms with Gasteiger partial charge in [-0.25, -0.2) is 4.68 Å². The zero-order valence-electron chi connectivity index (χ0n) is 12.9. The number of aromatic nitrogens is 3. The van der Waals surface area contributed by atoms with Crippen LogP contribution in [0.15, 0.2) is 24.4 Å². The van der Waals surface area contributed by atoms with Crippen LogP contribution in [0.4, 0.5) is 0 Å². The maximum atomic E-state index is 12.1. The second kappa shape index (κ2) is 6.27. The molecule has 1 amide bonds. The largest absolute Gasteiger partial charge is 0.376 e. The summed E-state index contributed by atoms with van der Waals surface area (Å²) in [5, 5.41) is 10.8. The Balaban J connectivity index is 1.68. The summed E-state index contributed by atoms with van der Waals surface area (Å²) in [6, 6.07) is 6.11.